The van der Waals surface area contributed by atoms with E-state index in [4.69, 9.17) is 0 Å². The number of thiazole rings is 1. The van der Waals surface area contributed by atoms with Crippen LogP contribution < -0.4 is 10.7 Å². The zero-order chi connectivity index (χ0) is 17.9. The molecule has 4 rings (SSSR count). The van der Waals surface area contributed by atoms with Gasteiger partial charge in [0.05, 0.1) is 15.9 Å². The van der Waals surface area contributed by atoms with E-state index < -0.39 is 6.03 Å². The molecule has 3 aromatic carbocycles. The molecule has 0 aliphatic rings. The van der Waals surface area contributed by atoms with Gasteiger partial charge in [0.2, 0.25) is 0 Å². The second kappa shape index (κ2) is 6.93. The average Bonchev–Trinajstić information content (AvgIpc) is 3.09. The molecule has 0 radical (unpaired) electrons. The number of nitrogens with one attached hydrogen (secondary N) is 2. The Balaban J connectivity index is 1.52. The fourth-order valence-electron chi connectivity index (χ4n) is 2.72. The SMILES string of the molecule is C/C(=N\NC(=O)Nc1nc2c(ccc3ccccc32)s1)c1ccccc1. The lowest BCUT2D eigenvalue weighted by atomic mass is 10.1. The van der Waals surface area contributed by atoms with Crippen LogP contribution in [0.25, 0.3) is 21.0 Å². The van der Waals surface area contributed by atoms with Gasteiger partial charge in [-0.2, -0.15) is 5.10 Å². The van der Waals surface area contributed by atoms with Crippen LogP contribution in [0.2, 0.25) is 0 Å². The third-order valence-electron chi connectivity index (χ3n) is 4.02. The van der Waals surface area contributed by atoms with Gasteiger partial charge in [-0.05, 0) is 23.9 Å². The second-order valence-electron chi connectivity index (χ2n) is 5.78. The van der Waals surface area contributed by atoms with E-state index >= 15 is 0 Å². The summed E-state index contributed by atoms with van der Waals surface area (Å²) in [6.45, 7) is 1.85. The number of hydrazone groups is 1. The Kier molecular flexibility index (Phi) is 4.33. The number of carbonyl (C=O) groups excluding carboxylic acids is 1. The molecule has 0 unspecified atom stereocenters. The van der Waals surface area contributed by atoms with Crippen LogP contribution in [-0.2, 0) is 0 Å². The van der Waals surface area contributed by atoms with Gasteiger partial charge >= 0.3 is 6.03 Å². The topological polar surface area (TPSA) is 66.4 Å². The molecule has 6 heteroatoms. The first-order chi connectivity index (χ1) is 12.7. The zero-order valence-corrected chi connectivity index (χ0v) is 14.9. The lowest BCUT2D eigenvalue weighted by molar-refractivity contribution is 0.252. The molecule has 2 N–H and O–H groups in total. The van der Waals surface area contributed by atoms with Gasteiger partial charge in [-0.25, -0.2) is 15.2 Å². The van der Waals surface area contributed by atoms with Crippen molar-refractivity contribution >= 4 is 49.2 Å². The van der Waals surface area contributed by atoms with Gasteiger partial charge in [-0.3, -0.25) is 5.32 Å². The van der Waals surface area contributed by atoms with Crippen LogP contribution in [0.4, 0.5) is 9.93 Å². The fraction of sp³-hybridized carbons (Fsp3) is 0.0500. The summed E-state index contributed by atoms with van der Waals surface area (Å²) >= 11 is 1.44. The molecule has 0 saturated carbocycles. The Labute approximate surface area is 154 Å². The maximum absolute atomic E-state index is 12.1. The van der Waals surface area contributed by atoms with Gasteiger partial charge in [-0.1, -0.05) is 72.0 Å². The van der Waals surface area contributed by atoms with Gasteiger partial charge in [0, 0.05) is 5.39 Å². The Morgan fingerprint density at radius 2 is 1.77 bits per heavy atom. The third-order valence-corrected chi connectivity index (χ3v) is 4.96. The van der Waals surface area contributed by atoms with Gasteiger partial charge in [-0.15, -0.1) is 0 Å². The van der Waals surface area contributed by atoms with Crippen LogP contribution in [0.1, 0.15) is 12.5 Å². The second-order valence-corrected chi connectivity index (χ2v) is 6.81. The van der Waals surface area contributed by atoms with E-state index in [1.165, 1.54) is 11.3 Å². The molecule has 0 spiro atoms. The molecule has 5 nitrogen and oxygen atoms in total. The first-order valence-corrected chi connectivity index (χ1v) is 8.97. The molecule has 0 aliphatic carbocycles. The van der Waals surface area contributed by atoms with Crippen LogP contribution in [0.3, 0.4) is 0 Å². The van der Waals surface area contributed by atoms with Gasteiger partial charge in [0.25, 0.3) is 0 Å². The van der Waals surface area contributed by atoms with Gasteiger partial charge in [0.1, 0.15) is 0 Å². The first kappa shape index (κ1) is 16.2. The van der Waals surface area contributed by atoms with E-state index in [0.29, 0.717) is 5.13 Å². The first-order valence-electron chi connectivity index (χ1n) is 8.16. The number of carbonyl (C=O) groups is 1. The molecule has 1 aromatic heterocycles. The number of nitrogens with zero attached hydrogens (tertiary/aromatic N) is 2. The van der Waals surface area contributed by atoms with Gasteiger partial charge in [0.15, 0.2) is 5.13 Å². The Morgan fingerprint density at radius 1 is 1.00 bits per heavy atom. The van der Waals surface area contributed by atoms with Gasteiger partial charge < -0.3 is 0 Å². The Hall–Kier alpha value is -3.25. The Bertz CT molecular complexity index is 1120. The summed E-state index contributed by atoms with van der Waals surface area (Å²) in [5.74, 6) is 0. The van der Waals surface area contributed by atoms with E-state index in [0.717, 1.165) is 32.3 Å². The predicted molar refractivity (Wildman–Crippen MR) is 108 cm³/mol. The number of hydrogen-bond donors (Lipinski definition) is 2. The van der Waals surface area contributed by atoms with E-state index in [2.05, 4.69) is 33.0 Å². The van der Waals surface area contributed by atoms with Crippen LogP contribution >= 0.6 is 11.3 Å². The molecule has 0 fully saturated rings. The summed E-state index contributed by atoms with van der Waals surface area (Å²) in [5.41, 5.74) is 5.10. The van der Waals surface area contributed by atoms with Crippen molar-refractivity contribution in [1.29, 1.82) is 0 Å². The molecule has 2 amide bonds. The normalized spacial score (nSPS) is 11.7. The molecular weight excluding hydrogens is 344 g/mol. The molecule has 4 aromatic rings. The zero-order valence-electron chi connectivity index (χ0n) is 14.1. The number of rotatable bonds is 3. The van der Waals surface area contributed by atoms with E-state index in [9.17, 15) is 4.79 Å². The highest BCUT2D eigenvalue weighted by Crippen LogP contribution is 2.31. The van der Waals surface area contributed by atoms with E-state index in [1.54, 1.807) is 0 Å². The highest BCUT2D eigenvalue weighted by molar-refractivity contribution is 7.22. The van der Waals surface area contributed by atoms with Crippen LogP contribution in [0.5, 0.6) is 0 Å². The van der Waals surface area contributed by atoms with Crippen LogP contribution in [0, 0.1) is 0 Å². The van der Waals surface area contributed by atoms with E-state index in [1.807, 2.05) is 61.5 Å². The van der Waals surface area contributed by atoms with Crippen molar-refractivity contribution in [3.05, 3.63) is 72.3 Å². The number of fused-ring (bicyclic) bond motifs is 3. The maximum Gasteiger partial charge on any atom is 0.341 e. The number of benzene rings is 3. The molecule has 0 saturated heterocycles. The van der Waals surface area contributed by atoms with E-state index in [-0.39, 0.29) is 0 Å². The molecule has 0 aliphatic heterocycles. The van der Waals surface area contributed by atoms with Crippen LogP contribution in [-0.4, -0.2) is 16.7 Å². The number of hydrogen-bond acceptors (Lipinski definition) is 4. The highest BCUT2D eigenvalue weighted by Gasteiger charge is 2.09. The molecule has 1 heterocycles. The minimum atomic E-state index is -0.413. The lowest BCUT2D eigenvalue weighted by Crippen LogP contribution is -2.25. The molecular formula is C20H16N4OS. The lowest BCUT2D eigenvalue weighted by Gasteiger charge is -2.02. The minimum absolute atomic E-state index is 0.413. The van der Waals surface area contributed by atoms with Crippen molar-refractivity contribution in [2.75, 3.05) is 5.32 Å². The minimum Gasteiger partial charge on any atom is -0.282 e. The number of aromatic nitrogens is 1. The molecule has 0 bridgehead atoms. The number of anilines is 1. The van der Waals surface area contributed by atoms with Crippen molar-refractivity contribution in [1.82, 2.24) is 10.4 Å². The Morgan fingerprint density at radius 3 is 2.62 bits per heavy atom. The molecule has 128 valence electrons. The third kappa shape index (κ3) is 3.27. The standard InChI is InChI=1S/C20H16N4OS/c1-13(14-7-3-2-4-8-14)23-24-19(25)22-20-21-18-16-10-6-5-9-15(16)11-12-17(18)26-20/h2-12H,1H3,(H2,21,22,24,25)/b23-13+. The molecule has 26 heavy (non-hydrogen) atoms. The van der Waals surface area contributed by atoms with Crippen molar-refractivity contribution in [2.45, 2.75) is 6.92 Å². The molecule has 0 atom stereocenters. The largest absolute Gasteiger partial charge is 0.341 e. The summed E-state index contributed by atoms with van der Waals surface area (Å²) in [6, 6.07) is 21.4. The summed E-state index contributed by atoms with van der Waals surface area (Å²) in [5, 5.41) is 9.63. The summed E-state index contributed by atoms with van der Waals surface area (Å²) < 4.78 is 1.03. The average molecular weight is 360 g/mol. The van der Waals surface area contributed by atoms with Crippen molar-refractivity contribution in [3.8, 4) is 0 Å². The maximum atomic E-state index is 12.1. The summed E-state index contributed by atoms with van der Waals surface area (Å²) in [4.78, 5) is 16.7. The summed E-state index contributed by atoms with van der Waals surface area (Å²) in [6.07, 6.45) is 0. The predicted octanol–water partition coefficient (Wildman–Crippen LogP) is 5.00. The fourth-order valence-corrected chi connectivity index (χ4v) is 3.60. The number of urea groups is 1. The van der Waals surface area contributed by atoms with Crippen molar-refractivity contribution in [2.24, 2.45) is 5.10 Å². The smallest absolute Gasteiger partial charge is 0.282 e. The highest BCUT2D eigenvalue weighted by atomic mass is 32.1. The quantitative estimate of drug-likeness (QED) is 0.399. The summed E-state index contributed by atoms with van der Waals surface area (Å²) in [7, 11) is 0. The monoisotopic (exact) mass is 360 g/mol. The van der Waals surface area contributed by atoms with Crippen LogP contribution in [0.15, 0.2) is 71.8 Å². The number of amides is 2. The van der Waals surface area contributed by atoms with Crippen molar-refractivity contribution < 1.29 is 4.79 Å². The van der Waals surface area contributed by atoms with Crippen molar-refractivity contribution in [3.63, 3.8) is 0 Å².